The van der Waals surface area contributed by atoms with Crippen LogP contribution in [-0.2, 0) is 0 Å². The third kappa shape index (κ3) is 4.13. The number of halogens is 1. The highest BCUT2D eigenvalue weighted by Crippen LogP contribution is 2.34. The van der Waals surface area contributed by atoms with E-state index in [1.165, 1.54) is 24.3 Å². The lowest BCUT2D eigenvalue weighted by molar-refractivity contribution is -0.384. The van der Waals surface area contributed by atoms with Gasteiger partial charge in [-0.3, -0.25) is 20.2 Å². The molecule has 0 unspecified atom stereocenters. The Bertz CT molecular complexity index is 1080. The molecular weight excluding hydrogens is 388 g/mol. The van der Waals surface area contributed by atoms with Crippen LogP contribution in [0.4, 0.5) is 34.4 Å². The Hall–Kier alpha value is -3.79. The fourth-order valence-electron chi connectivity index (χ4n) is 2.46. The number of aryl methyl sites for hydroxylation is 1. The molecule has 10 nitrogen and oxygen atoms in total. The molecule has 0 bridgehead atoms. The SMILES string of the molecule is Cc1cc(Cl)ccc1Nc1ncnc(Nc2cccc([N+](=O)[O-])c2)c1[N+](=O)[O-]. The molecule has 3 rings (SSSR count). The Labute approximate surface area is 163 Å². The largest absolute Gasteiger partial charge is 0.353 e. The second kappa shape index (κ2) is 7.84. The van der Waals surface area contributed by atoms with Gasteiger partial charge in [0.1, 0.15) is 6.33 Å². The van der Waals surface area contributed by atoms with Gasteiger partial charge >= 0.3 is 5.69 Å². The first-order valence-corrected chi connectivity index (χ1v) is 8.27. The lowest BCUT2D eigenvalue weighted by atomic mass is 10.2. The van der Waals surface area contributed by atoms with E-state index < -0.39 is 15.5 Å². The summed E-state index contributed by atoms with van der Waals surface area (Å²) in [5.74, 6) is -0.132. The van der Waals surface area contributed by atoms with Gasteiger partial charge in [0.15, 0.2) is 0 Å². The number of hydrogen-bond acceptors (Lipinski definition) is 8. The Morgan fingerprint density at radius 2 is 1.68 bits per heavy atom. The first-order chi connectivity index (χ1) is 13.3. The fourth-order valence-corrected chi connectivity index (χ4v) is 2.69. The number of nitro benzene ring substituents is 1. The van der Waals surface area contributed by atoms with Gasteiger partial charge < -0.3 is 10.6 Å². The number of rotatable bonds is 6. The van der Waals surface area contributed by atoms with Crippen LogP contribution in [0.1, 0.15) is 5.56 Å². The zero-order valence-electron chi connectivity index (χ0n) is 14.4. The number of nitro groups is 2. The fraction of sp³-hybridized carbons (Fsp3) is 0.0588. The lowest BCUT2D eigenvalue weighted by Gasteiger charge is -2.11. The van der Waals surface area contributed by atoms with Crippen molar-refractivity contribution in [2.45, 2.75) is 6.92 Å². The van der Waals surface area contributed by atoms with E-state index in [4.69, 9.17) is 11.6 Å². The predicted molar refractivity (Wildman–Crippen MR) is 105 cm³/mol. The van der Waals surface area contributed by atoms with Crippen molar-refractivity contribution in [1.29, 1.82) is 0 Å². The highest BCUT2D eigenvalue weighted by atomic mass is 35.5. The van der Waals surface area contributed by atoms with Gasteiger partial charge in [-0.2, -0.15) is 0 Å². The predicted octanol–water partition coefficient (Wildman–Crippen LogP) is 4.74. The molecule has 0 aliphatic rings. The van der Waals surface area contributed by atoms with Crippen molar-refractivity contribution < 1.29 is 9.85 Å². The lowest BCUT2D eigenvalue weighted by Crippen LogP contribution is -2.06. The molecule has 28 heavy (non-hydrogen) atoms. The Morgan fingerprint density at radius 3 is 2.32 bits per heavy atom. The molecule has 2 N–H and O–H groups in total. The van der Waals surface area contributed by atoms with Crippen molar-refractivity contribution in [1.82, 2.24) is 9.97 Å². The number of hydrogen-bond donors (Lipinski definition) is 2. The molecule has 1 heterocycles. The number of non-ortho nitro benzene ring substituents is 1. The van der Waals surface area contributed by atoms with E-state index in [0.717, 1.165) is 11.9 Å². The van der Waals surface area contributed by atoms with Crippen molar-refractivity contribution in [3.8, 4) is 0 Å². The molecule has 0 aliphatic carbocycles. The summed E-state index contributed by atoms with van der Waals surface area (Å²) in [7, 11) is 0. The number of nitrogens with zero attached hydrogens (tertiary/aromatic N) is 4. The van der Waals surface area contributed by atoms with Crippen LogP contribution in [0.2, 0.25) is 5.02 Å². The van der Waals surface area contributed by atoms with Crippen LogP contribution < -0.4 is 10.6 Å². The van der Waals surface area contributed by atoms with Gasteiger partial charge in [0.25, 0.3) is 5.69 Å². The number of benzene rings is 2. The van der Waals surface area contributed by atoms with Crippen LogP contribution in [0, 0.1) is 27.2 Å². The first kappa shape index (κ1) is 19.0. The normalized spacial score (nSPS) is 10.4. The maximum atomic E-state index is 11.7. The highest BCUT2D eigenvalue weighted by Gasteiger charge is 2.24. The zero-order valence-corrected chi connectivity index (χ0v) is 15.2. The molecule has 0 aliphatic heterocycles. The van der Waals surface area contributed by atoms with Gasteiger partial charge in [-0.1, -0.05) is 17.7 Å². The van der Waals surface area contributed by atoms with Crippen LogP contribution in [0.5, 0.6) is 0 Å². The first-order valence-electron chi connectivity index (χ1n) is 7.89. The van der Waals surface area contributed by atoms with Crippen molar-refractivity contribution in [2.75, 3.05) is 10.6 Å². The van der Waals surface area contributed by atoms with Gasteiger partial charge in [-0.15, -0.1) is 0 Å². The second-order valence-electron chi connectivity index (χ2n) is 5.69. The van der Waals surface area contributed by atoms with Gasteiger partial charge in [0, 0.05) is 28.5 Å². The minimum atomic E-state index is -0.632. The van der Waals surface area contributed by atoms with Crippen molar-refractivity contribution in [3.63, 3.8) is 0 Å². The number of aromatic nitrogens is 2. The topological polar surface area (TPSA) is 136 Å². The van der Waals surface area contributed by atoms with E-state index in [-0.39, 0.29) is 23.0 Å². The molecule has 11 heteroatoms. The molecule has 0 spiro atoms. The molecule has 0 atom stereocenters. The number of anilines is 4. The summed E-state index contributed by atoms with van der Waals surface area (Å²) in [5, 5.41) is 28.8. The Balaban J connectivity index is 1.99. The van der Waals surface area contributed by atoms with Crippen LogP contribution >= 0.6 is 11.6 Å². The maximum absolute atomic E-state index is 11.7. The molecule has 1 aromatic heterocycles. The summed E-state index contributed by atoms with van der Waals surface area (Å²) in [6, 6.07) is 10.6. The molecule has 0 radical (unpaired) electrons. The molecule has 2 aromatic carbocycles. The van der Waals surface area contributed by atoms with Crippen molar-refractivity contribution in [2.24, 2.45) is 0 Å². The van der Waals surface area contributed by atoms with Gasteiger partial charge in [0.2, 0.25) is 11.6 Å². The van der Waals surface area contributed by atoms with Crippen LogP contribution in [-0.4, -0.2) is 19.8 Å². The van der Waals surface area contributed by atoms with Crippen LogP contribution in [0.3, 0.4) is 0 Å². The Morgan fingerprint density at radius 1 is 0.964 bits per heavy atom. The van der Waals surface area contributed by atoms with Crippen LogP contribution in [0.25, 0.3) is 0 Å². The average molecular weight is 401 g/mol. The zero-order chi connectivity index (χ0) is 20.3. The number of nitrogens with one attached hydrogen (secondary N) is 2. The van der Waals surface area contributed by atoms with E-state index in [2.05, 4.69) is 20.6 Å². The third-order valence-electron chi connectivity index (χ3n) is 3.77. The van der Waals surface area contributed by atoms with Crippen molar-refractivity contribution in [3.05, 3.63) is 79.6 Å². The second-order valence-corrected chi connectivity index (χ2v) is 6.13. The molecule has 3 aromatic rings. The van der Waals surface area contributed by atoms with Crippen molar-refractivity contribution >= 4 is 46.0 Å². The maximum Gasteiger partial charge on any atom is 0.353 e. The smallest absolute Gasteiger partial charge is 0.334 e. The van der Waals surface area contributed by atoms with Crippen LogP contribution in [0.15, 0.2) is 48.8 Å². The van der Waals surface area contributed by atoms with E-state index in [9.17, 15) is 20.2 Å². The van der Waals surface area contributed by atoms with E-state index in [0.29, 0.717) is 10.7 Å². The average Bonchev–Trinajstić information content (AvgIpc) is 2.64. The molecule has 142 valence electrons. The quantitative estimate of drug-likeness (QED) is 0.447. The summed E-state index contributed by atoms with van der Waals surface area (Å²) in [6.45, 7) is 1.80. The highest BCUT2D eigenvalue weighted by molar-refractivity contribution is 6.30. The third-order valence-corrected chi connectivity index (χ3v) is 4.00. The molecular formula is C17H13ClN6O4. The van der Waals surface area contributed by atoms with Gasteiger partial charge in [-0.05, 0) is 36.8 Å². The minimum Gasteiger partial charge on any atom is -0.334 e. The van der Waals surface area contributed by atoms with E-state index in [1.54, 1.807) is 25.1 Å². The molecule has 0 saturated heterocycles. The summed E-state index contributed by atoms with van der Waals surface area (Å²) in [6.07, 6.45) is 1.15. The summed E-state index contributed by atoms with van der Waals surface area (Å²) < 4.78 is 0. The summed E-state index contributed by atoms with van der Waals surface area (Å²) in [5.41, 5.74) is 1.09. The summed E-state index contributed by atoms with van der Waals surface area (Å²) in [4.78, 5) is 29.3. The minimum absolute atomic E-state index is 0.0293. The van der Waals surface area contributed by atoms with E-state index in [1.807, 2.05) is 0 Å². The molecule has 0 saturated carbocycles. The van der Waals surface area contributed by atoms with Gasteiger partial charge in [0.05, 0.1) is 9.85 Å². The van der Waals surface area contributed by atoms with Gasteiger partial charge in [-0.25, -0.2) is 9.97 Å². The summed E-state index contributed by atoms with van der Waals surface area (Å²) >= 11 is 5.93. The Kier molecular flexibility index (Phi) is 5.32. The monoisotopic (exact) mass is 400 g/mol. The standard InChI is InChI=1S/C17H13ClN6O4/c1-10-7-11(18)5-6-14(10)22-17-15(24(27)28)16(19-9-20-17)21-12-3-2-4-13(8-12)23(25)26/h2-9H,1H3,(H2,19,20,21,22). The molecule has 0 fully saturated rings. The van der Waals surface area contributed by atoms with E-state index >= 15 is 0 Å². The molecule has 0 amide bonds.